The van der Waals surface area contributed by atoms with Crippen molar-refractivity contribution in [3.8, 4) is 0 Å². The van der Waals surface area contributed by atoms with E-state index in [-0.39, 0.29) is 24.9 Å². The van der Waals surface area contributed by atoms with Gasteiger partial charge in [-0.05, 0) is 6.42 Å². The van der Waals surface area contributed by atoms with Gasteiger partial charge in [0.2, 0.25) is 0 Å². The number of hydrogen-bond acceptors (Lipinski definition) is 4. The van der Waals surface area contributed by atoms with Crippen LogP contribution < -0.4 is 5.32 Å². The van der Waals surface area contributed by atoms with Crippen LogP contribution in [0.25, 0.3) is 0 Å². The molecule has 0 aromatic carbocycles. The molecule has 0 aliphatic carbocycles. The zero-order valence-electron chi connectivity index (χ0n) is 11.5. The quantitative estimate of drug-likeness (QED) is 0.618. The van der Waals surface area contributed by atoms with Gasteiger partial charge in [-0.1, -0.05) is 6.92 Å². The molecule has 0 saturated heterocycles. The average Bonchev–Trinajstić information content (AvgIpc) is 2.33. The zero-order chi connectivity index (χ0) is 14.8. The Hall–Kier alpha value is -1.15. The van der Waals surface area contributed by atoms with Crippen LogP contribution in [-0.4, -0.2) is 71.1 Å². The summed E-state index contributed by atoms with van der Waals surface area (Å²) in [5.41, 5.74) is 0. The van der Waals surface area contributed by atoms with Gasteiger partial charge in [0.15, 0.2) is 0 Å². The van der Waals surface area contributed by atoms with Crippen LogP contribution in [0.4, 0.5) is 4.79 Å². The van der Waals surface area contributed by atoms with Gasteiger partial charge < -0.3 is 20.1 Å². The van der Waals surface area contributed by atoms with E-state index in [0.29, 0.717) is 13.0 Å². The number of nitrogens with zero attached hydrogens (tertiary/aromatic N) is 1. The Morgan fingerprint density at radius 1 is 1.47 bits per heavy atom. The highest BCUT2D eigenvalue weighted by molar-refractivity contribution is 7.84. The summed E-state index contributed by atoms with van der Waals surface area (Å²) in [6, 6.07) is -0.450. The predicted octanol–water partition coefficient (Wildman–Crippen LogP) is -0.114. The predicted molar refractivity (Wildman–Crippen MR) is 72.6 cm³/mol. The molecule has 2 atom stereocenters. The molecule has 0 aliphatic rings. The maximum absolute atomic E-state index is 11.8. The van der Waals surface area contributed by atoms with Crippen LogP contribution in [0, 0.1) is 0 Å². The lowest BCUT2D eigenvalue weighted by atomic mass is 10.3. The van der Waals surface area contributed by atoms with Crippen molar-refractivity contribution >= 4 is 22.8 Å². The van der Waals surface area contributed by atoms with Gasteiger partial charge in [0.1, 0.15) is 6.54 Å². The molecule has 0 aliphatic heterocycles. The third-order valence-electron chi connectivity index (χ3n) is 2.57. The molecular formula is C11H22N2O5S. The molecule has 19 heavy (non-hydrogen) atoms. The number of amides is 2. The van der Waals surface area contributed by atoms with Crippen molar-refractivity contribution in [1.82, 2.24) is 10.2 Å². The van der Waals surface area contributed by atoms with E-state index in [2.05, 4.69) is 5.32 Å². The largest absolute Gasteiger partial charge is 0.480 e. The van der Waals surface area contributed by atoms with Crippen LogP contribution in [0.2, 0.25) is 0 Å². The molecule has 0 rings (SSSR count). The first-order valence-electron chi connectivity index (χ1n) is 5.94. The van der Waals surface area contributed by atoms with Gasteiger partial charge in [0.05, 0.1) is 6.61 Å². The van der Waals surface area contributed by atoms with Gasteiger partial charge in [0, 0.05) is 42.5 Å². The van der Waals surface area contributed by atoms with Crippen molar-refractivity contribution in [3.05, 3.63) is 0 Å². The molecule has 0 spiro atoms. The Balaban J connectivity index is 4.16. The summed E-state index contributed by atoms with van der Waals surface area (Å²) >= 11 is 0. The number of methoxy groups -OCH3 is 1. The fourth-order valence-electron chi connectivity index (χ4n) is 1.28. The number of rotatable bonds is 9. The average molecular weight is 294 g/mol. The van der Waals surface area contributed by atoms with Crippen molar-refractivity contribution in [2.75, 3.05) is 39.6 Å². The van der Waals surface area contributed by atoms with Crippen LogP contribution >= 0.6 is 0 Å². The minimum atomic E-state index is -1.07. The molecule has 2 N–H and O–H groups in total. The Labute approximate surface area is 115 Å². The number of carboxylic acid groups (broad SMARTS) is 1. The highest BCUT2D eigenvalue weighted by atomic mass is 32.2. The summed E-state index contributed by atoms with van der Waals surface area (Å²) in [6.45, 7) is 2.31. The number of carboxylic acids is 1. The van der Waals surface area contributed by atoms with E-state index in [4.69, 9.17) is 9.84 Å². The fraction of sp³-hybridized carbons (Fsp3) is 0.818. The number of carbonyl (C=O) groups is 2. The Kier molecular flexibility index (Phi) is 9.15. The topological polar surface area (TPSA) is 95.9 Å². The lowest BCUT2D eigenvalue weighted by Crippen LogP contribution is -2.45. The molecule has 0 aromatic heterocycles. The monoisotopic (exact) mass is 294 g/mol. The van der Waals surface area contributed by atoms with E-state index < -0.39 is 22.8 Å². The Bertz CT molecular complexity index is 324. The smallest absolute Gasteiger partial charge is 0.323 e. The molecule has 0 bridgehead atoms. The molecule has 0 fully saturated rings. The van der Waals surface area contributed by atoms with Crippen LogP contribution in [0.1, 0.15) is 13.3 Å². The number of nitrogens with one attached hydrogen (secondary N) is 1. The highest BCUT2D eigenvalue weighted by Gasteiger charge is 2.16. The molecule has 2 unspecified atom stereocenters. The van der Waals surface area contributed by atoms with Crippen LogP contribution in [0.5, 0.6) is 0 Å². The minimum absolute atomic E-state index is 0.00722. The maximum Gasteiger partial charge on any atom is 0.323 e. The number of hydrogen-bond donors (Lipinski definition) is 2. The van der Waals surface area contributed by atoms with Crippen LogP contribution in [-0.2, 0) is 20.3 Å². The molecule has 7 nitrogen and oxygen atoms in total. The summed E-state index contributed by atoms with van der Waals surface area (Å²) < 4.78 is 16.0. The lowest BCUT2D eigenvalue weighted by Gasteiger charge is -2.21. The SMILES string of the molecule is COCCN(CC(=O)O)C(=O)NCCC(C)S(C)=O. The second-order valence-electron chi connectivity index (χ2n) is 4.14. The molecule has 112 valence electrons. The second-order valence-corrected chi connectivity index (χ2v) is 5.94. The molecule has 0 radical (unpaired) electrons. The standard InChI is InChI=1S/C11H22N2O5S/c1-9(19(3)17)4-5-12-11(16)13(6-7-18-2)8-10(14)15/h9H,4-8H2,1-3H3,(H,12,16)(H,14,15). The van der Waals surface area contributed by atoms with Crippen molar-refractivity contribution in [1.29, 1.82) is 0 Å². The minimum Gasteiger partial charge on any atom is -0.480 e. The van der Waals surface area contributed by atoms with E-state index >= 15 is 0 Å². The fourth-order valence-corrected chi connectivity index (χ4v) is 1.73. The van der Waals surface area contributed by atoms with Gasteiger partial charge in [-0.25, -0.2) is 4.79 Å². The Morgan fingerprint density at radius 2 is 2.11 bits per heavy atom. The zero-order valence-corrected chi connectivity index (χ0v) is 12.4. The maximum atomic E-state index is 11.8. The van der Waals surface area contributed by atoms with Crippen molar-refractivity contribution in [3.63, 3.8) is 0 Å². The first kappa shape index (κ1) is 17.8. The van der Waals surface area contributed by atoms with Gasteiger partial charge in [-0.15, -0.1) is 0 Å². The van der Waals surface area contributed by atoms with Crippen molar-refractivity contribution in [2.24, 2.45) is 0 Å². The van der Waals surface area contributed by atoms with Crippen molar-refractivity contribution in [2.45, 2.75) is 18.6 Å². The van der Waals surface area contributed by atoms with E-state index in [1.165, 1.54) is 12.0 Å². The normalized spacial score (nSPS) is 13.6. The van der Waals surface area contributed by atoms with Crippen LogP contribution in [0.15, 0.2) is 0 Å². The number of urea groups is 1. The summed E-state index contributed by atoms with van der Waals surface area (Å²) in [5.74, 6) is -1.07. The molecular weight excluding hydrogens is 272 g/mol. The second kappa shape index (κ2) is 9.74. The lowest BCUT2D eigenvalue weighted by molar-refractivity contribution is -0.137. The van der Waals surface area contributed by atoms with Gasteiger partial charge in [-0.3, -0.25) is 9.00 Å². The summed E-state index contributed by atoms with van der Waals surface area (Å²) in [5, 5.41) is 11.3. The molecule has 0 aromatic rings. The van der Waals surface area contributed by atoms with E-state index in [1.54, 1.807) is 6.26 Å². The van der Waals surface area contributed by atoms with Gasteiger partial charge in [0.25, 0.3) is 0 Å². The van der Waals surface area contributed by atoms with E-state index in [0.717, 1.165) is 0 Å². The van der Waals surface area contributed by atoms with E-state index in [1.807, 2.05) is 6.92 Å². The molecule has 0 saturated carbocycles. The van der Waals surface area contributed by atoms with E-state index in [9.17, 15) is 13.8 Å². The van der Waals surface area contributed by atoms with Gasteiger partial charge in [-0.2, -0.15) is 0 Å². The third kappa shape index (κ3) is 8.55. The summed E-state index contributed by atoms with van der Waals surface area (Å²) in [4.78, 5) is 23.6. The highest BCUT2D eigenvalue weighted by Crippen LogP contribution is 1.98. The number of ether oxygens (including phenoxy) is 1. The van der Waals surface area contributed by atoms with Crippen LogP contribution in [0.3, 0.4) is 0 Å². The Morgan fingerprint density at radius 3 is 2.58 bits per heavy atom. The first-order chi connectivity index (χ1) is 8.88. The number of carbonyl (C=O) groups excluding carboxylic acids is 1. The molecule has 8 heteroatoms. The summed E-state index contributed by atoms with van der Waals surface area (Å²) in [7, 11) is 0.553. The third-order valence-corrected chi connectivity index (χ3v) is 3.94. The first-order valence-corrected chi connectivity index (χ1v) is 7.56. The van der Waals surface area contributed by atoms with Gasteiger partial charge >= 0.3 is 12.0 Å². The molecule has 2 amide bonds. The molecule has 0 heterocycles. The summed E-state index contributed by atoms with van der Waals surface area (Å²) in [6.07, 6.45) is 2.20. The van der Waals surface area contributed by atoms with Crippen molar-refractivity contribution < 1.29 is 23.6 Å². The number of aliphatic carboxylic acids is 1.